The Balaban J connectivity index is 3.16. The zero-order valence-electron chi connectivity index (χ0n) is 8.77. The third kappa shape index (κ3) is 3.07. The van der Waals surface area contributed by atoms with Crippen molar-refractivity contribution in [2.24, 2.45) is 0 Å². The summed E-state index contributed by atoms with van der Waals surface area (Å²) in [6, 6.07) is 4.29. The molecule has 0 aliphatic rings. The minimum absolute atomic E-state index is 0.126. The van der Waals surface area contributed by atoms with E-state index in [1.807, 2.05) is 0 Å². The van der Waals surface area contributed by atoms with Crippen LogP contribution in [0.3, 0.4) is 0 Å². The van der Waals surface area contributed by atoms with Gasteiger partial charge in [0.15, 0.2) is 0 Å². The van der Waals surface area contributed by atoms with Crippen LogP contribution in [0.4, 0.5) is 5.69 Å². The Hall–Kier alpha value is -0.850. The number of anilines is 1. The zero-order valence-corrected chi connectivity index (χ0v) is 11.2. The summed E-state index contributed by atoms with van der Waals surface area (Å²) in [5.41, 5.74) is 5.95. The molecule has 1 aromatic carbocycles. The number of rotatable bonds is 4. The first-order valence-electron chi connectivity index (χ1n) is 4.56. The fourth-order valence-electron chi connectivity index (χ4n) is 1.08. The molecule has 0 saturated heterocycles. The van der Waals surface area contributed by atoms with Crippen molar-refractivity contribution in [3.05, 3.63) is 35.3 Å². The van der Waals surface area contributed by atoms with E-state index in [4.69, 9.17) is 5.73 Å². The fourth-order valence-corrected chi connectivity index (χ4v) is 3.30. The standard InChI is InChI=1S/C10H13BrN2O2S/c1-3-7(2)13-16(14,15)10-6-8(12)4-5-9(10)11/h3-7,13H,1,12H2,2H3. The van der Waals surface area contributed by atoms with Gasteiger partial charge in [-0.05, 0) is 41.1 Å². The van der Waals surface area contributed by atoms with Crippen LogP contribution >= 0.6 is 15.9 Å². The molecule has 0 aliphatic heterocycles. The van der Waals surface area contributed by atoms with Crippen LogP contribution in [0.25, 0.3) is 0 Å². The molecule has 0 heterocycles. The van der Waals surface area contributed by atoms with Gasteiger partial charge in [0.05, 0.1) is 4.90 Å². The van der Waals surface area contributed by atoms with E-state index >= 15 is 0 Å². The molecule has 0 spiro atoms. The van der Waals surface area contributed by atoms with Gasteiger partial charge in [0, 0.05) is 16.2 Å². The van der Waals surface area contributed by atoms with E-state index in [1.54, 1.807) is 19.1 Å². The third-order valence-corrected chi connectivity index (χ3v) is 4.49. The van der Waals surface area contributed by atoms with Crippen LogP contribution in [0.5, 0.6) is 0 Å². The van der Waals surface area contributed by atoms with Crippen LogP contribution in [0.15, 0.2) is 40.2 Å². The molecule has 3 N–H and O–H groups in total. The number of nitrogens with one attached hydrogen (secondary N) is 1. The van der Waals surface area contributed by atoms with E-state index in [-0.39, 0.29) is 10.9 Å². The minimum atomic E-state index is -3.57. The Morgan fingerprint density at radius 3 is 2.75 bits per heavy atom. The largest absolute Gasteiger partial charge is 0.399 e. The van der Waals surface area contributed by atoms with Gasteiger partial charge in [0.2, 0.25) is 10.0 Å². The molecule has 1 rings (SSSR count). The summed E-state index contributed by atoms with van der Waals surface area (Å²) in [5.74, 6) is 0. The molecular weight excluding hydrogens is 292 g/mol. The first-order chi connectivity index (χ1) is 7.36. The van der Waals surface area contributed by atoms with Crippen LogP contribution < -0.4 is 10.5 Å². The maximum absolute atomic E-state index is 11.9. The minimum Gasteiger partial charge on any atom is -0.399 e. The van der Waals surface area contributed by atoms with E-state index in [9.17, 15) is 8.42 Å². The highest BCUT2D eigenvalue weighted by Crippen LogP contribution is 2.24. The maximum Gasteiger partial charge on any atom is 0.242 e. The van der Waals surface area contributed by atoms with Crippen molar-refractivity contribution in [3.63, 3.8) is 0 Å². The van der Waals surface area contributed by atoms with E-state index in [0.717, 1.165) is 0 Å². The molecule has 0 aromatic heterocycles. The van der Waals surface area contributed by atoms with Gasteiger partial charge in [-0.25, -0.2) is 13.1 Å². The number of halogens is 1. The second-order valence-corrected chi connectivity index (χ2v) is 5.87. The summed E-state index contributed by atoms with van der Waals surface area (Å²) in [6.07, 6.45) is 1.51. The van der Waals surface area contributed by atoms with Crippen LogP contribution in [-0.4, -0.2) is 14.5 Å². The van der Waals surface area contributed by atoms with Gasteiger partial charge in [-0.1, -0.05) is 6.08 Å². The molecule has 1 atom stereocenters. The van der Waals surface area contributed by atoms with Gasteiger partial charge in [-0.2, -0.15) is 0 Å². The van der Waals surface area contributed by atoms with Gasteiger partial charge in [0.1, 0.15) is 0 Å². The molecule has 0 aliphatic carbocycles. The molecule has 0 radical (unpaired) electrons. The average Bonchev–Trinajstić information content (AvgIpc) is 2.20. The quantitative estimate of drug-likeness (QED) is 0.659. The van der Waals surface area contributed by atoms with E-state index < -0.39 is 10.0 Å². The number of nitrogen functional groups attached to an aromatic ring is 1. The molecule has 0 saturated carbocycles. The number of sulfonamides is 1. The van der Waals surface area contributed by atoms with Gasteiger partial charge >= 0.3 is 0 Å². The van der Waals surface area contributed by atoms with Crippen molar-refractivity contribution < 1.29 is 8.42 Å². The third-order valence-electron chi connectivity index (χ3n) is 1.94. The lowest BCUT2D eigenvalue weighted by Crippen LogP contribution is -2.31. The normalized spacial score (nSPS) is 13.4. The summed E-state index contributed by atoms with van der Waals surface area (Å²) in [6.45, 7) is 5.21. The van der Waals surface area contributed by atoms with Crippen molar-refractivity contribution in [1.82, 2.24) is 4.72 Å². The highest BCUT2D eigenvalue weighted by molar-refractivity contribution is 9.10. The van der Waals surface area contributed by atoms with E-state index in [1.165, 1.54) is 12.1 Å². The summed E-state index contributed by atoms with van der Waals surface area (Å²) < 4.78 is 26.8. The van der Waals surface area contributed by atoms with E-state index in [2.05, 4.69) is 27.2 Å². The molecule has 4 nitrogen and oxygen atoms in total. The molecule has 1 aromatic rings. The lowest BCUT2D eigenvalue weighted by molar-refractivity contribution is 0.576. The van der Waals surface area contributed by atoms with Gasteiger partial charge in [0.25, 0.3) is 0 Å². The molecule has 88 valence electrons. The van der Waals surface area contributed by atoms with E-state index in [0.29, 0.717) is 10.2 Å². The maximum atomic E-state index is 11.9. The predicted octanol–water partition coefficient (Wildman–Crippen LogP) is 1.88. The highest BCUT2D eigenvalue weighted by Gasteiger charge is 2.19. The molecule has 0 bridgehead atoms. The zero-order chi connectivity index (χ0) is 12.3. The molecule has 1 unspecified atom stereocenters. The van der Waals surface area contributed by atoms with Crippen LogP contribution in [0, 0.1) is 0 Å². The fraction of sp³-hybridized carbons (Fsp3) is 0.200. The number of benzene rings is 1. The summed E-state index contributed by atoms with van der Waals surface area (Å²) in [7, 11) is -3.57. The van der Waals surface area contributed by atoms with Gasteiger partial charge in [-0.15, -0.1) is 6.58 Å². The lowest BCUT2D eigenvalue weighted by atomic mass is 10.3. The van der Waals surface area contributed by atoms with Crippen molar-refractivity contribution in [2.45, 2.75) is 17.9 Å². The lowest BCUT2D eigenvalue weighted by Gasteiger charge is -2.11. The number of nitrogens with two attached hydrogens (primary N) is 1. The summed E-state index contributed by atoms with van der Waals surface area (Å²) in [5, 5.41) is 0. The monoisotopic (exact) mass is 304 g/mol. The number of hydrogen-bond acceptors (Lipinski definition) is 3. The van der Waals surface area contributed by atoms with Crippen molar-refractivity contribution in [1.29, 1.82) is 0 Å². The van der Waals surface area contributed by atoms with Gasteiger partial charge < -0.3 is 5.73 Å². The predicted molar refractivity (Wildman–Crippen MR) is 68.5 cm³/mol. The van der Waals surface area contributed by atoms with Crippen LogP contribution in [-0.2, 0) is 10.0 Å². The Morgan fingerprint density at radius 1 is 1.56 bits per heavy atom. The molecule has 16 heavy (non-hydrogen) atoms. The molecule has 6 heteroatoms. The summed E-state index contributed by atoms with van der Waals surface area (Å²) >= 11 is 3.18. The van der Waals surface area contributed by atoms with Crippen LogP contribution in [0.1, 0.15) is 6.92 Å². The Kier molecular flexibility index (Phi) is 4.12. The highest BCUT2D eigenvalue weighted by atomic mass is 79.9. The Bertz CT molecular complexity index is 500. The smallest absolute Gasteiger partial charge is 0.242 e. The first-order valence-corrected chi connectivity index (χ1v) is 6.84. The average molecular weight is 305 g/mol. The Labute approximate surface area is 104 Å². The molecule has 0 fully saturated rings. The van der Waals surface area contributed by atoms with Crippen molar-refractivity contribution in [3.8, 4) is 0 Å². The van der Waals surface area contributed by atoms with Crippen LogP contribution in [0.2, 0.25) is 0 Å². The number of hydrogen-bond donors (Lipinski definition) is 2. The topological polar surface area (TPSA) is 72.2 Å². The SMILES string of the molecule is C=CC(C)NS(=O)(=O)c1cc(N)ccc1Br. The van der Waals surface area contributed by atoms with Crippen molar-refractivity contribution >= 4 is 31.6 Å². The molecular formula is C10H13BrN2O2S. The second kappa shape index (κ2) is 4.99. The summed E-state index contributed by atoms with van der Waals surface area (Å²) in [4.78, 5) is 0.126. The second-order valence-electron chi connectivity index (χ2n) is 3.34. The van der Waals surface area contributed by atoms with Gasteiger partial charge in [-0.3, -0.25) is 0 Å². The van der Waals surface area contributed by atoms with Crippen molar-refractivity contribution in [2.75, 3.05) is 5.73 Å². The molecule has 0 amide bonds. The Morgan fingerprint density at radius 2 is 2.19 bits per heavy atom. The first kappa shape index (κ1) is 13.2.